The average molecular weight is 471 g/mol. The van der Waals surface area contributed by atoms with Gasteiger partial charge in [-0.2, -0.15) is 0 Å². The molecule has 1 aliphatic heterocycles. The van der Waals surface area contributed by atoms with Gasteiger partial charge in [-0.25, -0.2) is 0 Å². The van der Waals surface area contributed by atoms with Crippen molar-refractivity contribution in [2.24, 2.45) is 0 Å². The molecule has 0 spiro atoms. The van der Waals surface area contributed by atoms with E-state index in [-0.39, 0.29) is 18.4 Å². The second-order valence-electron chi connectivity index (χ2n) is 7.26. The number of anilines is 2. The number of hydrogen-bond donors (Lipinski definition) is 1. The highest BCUT2D eigenvalue weighted by Crippen LogP contribution is 2.34. The van der Waals surface area contributed by atoms with Gasteiger partial charge in [-0.05, 0) is 49.4 Å². The van der Waals surface area contributed by atoms with E-state index in [2.05, 4.69) is 5.32 Å². The predicted molar refractivity (Wildman–Crippen MR) is 125 cm³/mol. The molecule has 0 aliphatic carbocycles. The minimum absolute atomic E-state index is 0.0816. The molecule has 4 rings (SSSR count). The molecule has 164 valence electrons. The second kappa shape index (κ2) is 9.51. The highest BCUT2D eigenvalue weighted by atomic mass is 35.5. The molecule has 3 aromatic rings. The standard InChI is InChI=1S/C24H20Cl2N2O4/c1-15-2-6-18(7-3-15)31-11-10-28-21-9-5-17(13-22(21)32-14-23(28)29)27-24(30)16-4-8-19(25)20(26)12-16/h2-9,12-13H,10-11,14H2,1H3,(H,27,30). The first-order valence-electron chi connectivity index (χ1n) is 9.94. The van der Waals surface area contributed by atoms with Crippen LogP contribution in [0.25, 0.3) is 0 Å². The molecule has 1 heterocycles. The molecule has 0 bridgehead atoms. The number of ether oxygens (including phenoxy) is 2. The summed E-state index contributed by atoms with van der Waals surface area (Å²) in [5.74, 6) is 0.764. The van der Waals surface area contributed by atoms with E-state index in [0.717, 1.165) is 11.3 Å². The number of rotatable bonds is 6. The van der Waals surface area contributed by atoms with Crippen LogP contribution in [0.4, 0.5) is 11.4 Å². The molecular formula is C24H20Cl2N2O4. The molecule has 2 amide bonds. The van der Waals surface area contributed by atoms with Gasteiger partial charge in [0, 0.05) is 17.3 Å². The van der Waals surface area contributed by atoms with Crippen LogP contribution in [-0.2, 0) is 4.79 Å². The van der Waals surface area contributed by atoms with Crippen LogP contribution < -0.4 is 19.7 Å². The van der Waals surface area contributed by atoms with Gasteiger partial charge in [0.25, 0.3) is 11.8 Å². The maximum atomic E-state index is 12.5. The van der Waals surface area contributed by atoms with Crippen molar-refractivity contribution in [3.63, 3.8) is 0 Å². The fraction of sp³-hybridized carbons (Fsp3) is 0.167. The molecule has 1 aliphatic rings. The lowest BCUT2D eigenvalue weighted by Crippen LogP contribution is -2.41. The predicted octanol–water partition coefficient (Wildman–Crippen LogP) is 5.36. The first-order valence-corrected chi connectivity index (χ1v) is 10.7. The van der Waals surface area contributed by atoms with Gasteiger partial charge in [0.2, 0.25) is 0 Å². The third kappa shape index (κ3) is 4.98. The zero-order valence-electron chi connectivity index (χ0n) is 17.2. The van der Waals surface area contributed by atoms with Gasteiger partial charge < -0.3 is 19.7 Å². The minimum Gasteiger partial charge on any atom is -0.492 e. The lowest BCUT2D eigenvalue weighted by atomic mass is 10.2. The topological polar surface area (TPSA) is 67.9 Å². The number of carbonyl (C=O) groups excluding carboxylic acids is 2. The number of amides is 2. The second-order valence-corrected chi connectivity index (χ2v) is 8.08. The number of fused-ring (bicyclic) bond motifs is 1. The molecule has 32 heavy (non-hydrogen) atoms. The van der Waals surface area contributed by atoms with Crippen molar-refractivity contribution in [3.05, 3.63) is 81.8 Å². The molecule has 3 aromatic carbocycles. The van der Waals surface area contributed by atoms with Gasteiger partial charge in [-0.3, -0.25) is 9.59 Å². The molecule has 0 saturated carbocycles. The van der Waals surface area contributed by atoms with Crippen molar-refractivity contribution in [1.29, 1.82) is 0 Å². The average Bonchev–Trinajstić information content (AvgIpc) is 2.78. The van der Waals surface area contributed by atoms with Crippen molar-refractivity contribution in [2.75, 3.05) is 30.0 Å². The fourth-order valence-corrected chi connectivity index (χ4v) is 3.56. The Kier molecular flexibility index (Phi) is 6.53. The summed E-state index contributed by atoms with van der Waals surface area (Å²) in [6, 6.07) is 17.5. The lowest BCUT2D eigenvalue weighted by molar-refractivity contribution is -0.121. The molecule has 0 fully saturated rings. The van der Waals surface area contributed by atoms with Gasteiger partial charge >= 0.3 is 0 Å². The van der Waals surface area contributed by atoms with Crippen molar-refractivity contribution < 1.29 is 19.1 Å². The van der Waals surface area contributed by atoms with E-state index in [1.165, 1.54) is 6.07 Å². The van der Waals surface area contributed by atoms with Crippen LogP contribution in [0.15, 0.2) is 60.7 Å². The van der Waals surface area contributed by atoms with Gasteiger partial charge in [0.1, 0.15) is 18.1 Å². The lowest BCUT2D eigenvalue weighted by Gasteiger charge is -2.29. The van der Waals surface area contributed by atoms with Crippen LogP contribution >= 0.6 is 23.2 Å². The van der Waals surface area contributed by atoms with Gasteiger partial charge in [-0.1, -0.05) is 40.9 Å². The number of aryl methyl sites for hydroxylation is 1. The minimum atomic E-state index is -0.334. The van der Waals surface area contributed by atoms with Crippen LogP contribution in [-0.4, -0.2) is 31.6 Å². The normalized spacial score (nSPS) is 12.7. The Bertz CT molecular complexity index is 1170. The Morgan fingerprint density at radius 3 is 2.59 bits per heavy atom. The maximum absolute atomic E-state index is 12.5. The molecule has 0 atom stereocenters. The fourth-order valence-electron chi connectivity index (χ4n) is 3.26. The Morgan fingerprint density at radius 2 is 1.84 bits per heavy atom. The van der Waals surface area contributed by atoms with Gasteiger partial charge in [0.05, 0.1) is 22.3 Å². The van der Waals surface area contributed by atoms with E-state index in [0.29, 0.717) is 45.9 Å². The number of nitrogens with zero attached hydrogens (tertiary/aromatic N) is 1. The van der Waals surface area contributed by atoms with Crippen molar-refractivity contribution in [3.8, 4) is 11.5 Å². The van der Waals surface area contributed by atoms with Crippen LogP contribution in [0.2, 0.25) is 10.0 Å². The third-order valence-electron chi connectivity index (χ3n) is 4.95. The SMILES string of the molecule is Cc1ccc(OCCN2C(=O)COc3cc(NC(=O)c4ccc(Cl)c(Cl)c4)ccc32)cc1. The summed E-state index contributed by atoms with van der Waals surface area (Å²) in [7, 11) is 0. The molecule has 8 heteroatoms. The molecule has 6 nitrogen and oxygen atoms in total. The Balaban J connectivity index is 1.44. The molecule has 1 N–H and O–H groups in total. The molecular weight excluding hydrogens is 451 g/mol. The molecule has 0 saturated heterocycles. The third-order valence-corrected chi connectivity index (χ3v) is 5.69. The Hall–Kier alpha value is -3.22. The monoisotopic (exact) mass is 470 g/mol. The number of benzene rings is 3. The molecule has 0 aromatic heterocycles. The summed E-state index contributed by atoms with van der Waals surface area (Å²) in [5, 5.41) is 3.48. The number of hydrogen-bond acceptors (Lipinski definition) is 4. The van der Waals surface area contributed by atoms with Crippen LogP contribution in [0.5, 0.6) is 11.5 Å². The van der Waals surface area contributed by atoms with Gasteiger partial charge in [0.15, 0.2) is 6.61 Å². The number of nitrogens with one attached hydrogen (secondary N) is 1. The molecule has 0 unspecified atom stereocenters. The Morgan fingerprint density at radius 1 is 1.06 bits per heavy atom. The van der Waals surface area contributed by atoms with Crippen LogP contribution in [0.3, 0.4) is 0 Å². The summed E-state index contributed by atoms with van der Waals surface area (Å²) in [6.07, 6.45) is 0. The Labute approximate surface area is 195 Å². The summed E-state index contributed by atoms with van der Waals surface area (Å²) in [6.45, 7) is 2.64. The van der Waals surface area contributed by atoms with E-state index in [1.54, 1.807) is 35.2 Å². The van der Waals surface area contributed by atoms with E-state index in [4.69, 9.17) is 32.7 Å². The summed E-state index contributed by atoms with van der Waals surface area (Å²) < 4.78 is 11.3. The highest BCUT2D eigenvalue weighted by molar-refractivity contribution is 6.42. The number of carbonyl (C=O) groups is 2. The zero-order chi connectivity index (χ0) is 22.7. The van der Waals surface area contributed by atoms with Crippen molar-refractivity contribution >= 4 is 46.4 Å². The quantitative estimate of drug-likeness (QED) is 0.526. The zero-order valence-corrected chi connectivity index (χ0v) is 18.7. The smallest absolute Gasteiger partial charge is 0.265 e. The van der Waals surface area contributed by atoms with E-state index < -0.39 is 0 Å². The van der Waals surface area contributed by atoms with Crippen LogP contribution in [0.1, 0.15) is 15.9 Å². The van der Waals surface area contributed by atoms with Crippen LogP contribution in [0, 0.1) is 6.92 Å². The largest absolute Gasteiger partial charge is 0.492 e. The van der Waals surface area contributed by atoms with E-state index in [9.17, 15) is 9.59 Å². The molecule has 0 radical (unpaired) electrons. The van der Waals surface area contributed by atoms with Crippen molar-refractivity contribution in [1.82, 2.24) is 0 Å². The van der Waals surface area contributed by atoms with Gasteiger partial charge in [-0.15, -0.1) is 0 Å². The summed E-state index contributed by atoms with van der Waals surface area (Å²) >= 11 is 11.9. The van der Waals surface area contributed by atoms with Crippen molar-refractivity contribution in [2.45, 2.75) is 6.92 Å². The maximum Gasteiger partial charge on any atom is 0.265 e. The van der Waals surface area contributed by atoms with E-state index >= 15 is 0 Å². The number of halogens is 2. The first-order chi connectivity index (χ1) is 15.4. The summed E-state index contributed by atoms with van der Waals surface area (Å²) in [5.41, 5.74) is 2.69. The first kappa shape index (κ1) is 22.0. The van der Waals surface area contributed by atoms with E-state index in [1.807, 2.05) is 31.2 Å². The highest BCUT2D eigenvalue weighted by Gasteiger charge is 2.26. The summed E-state index contributed by atoms with van der Waals surface area (Å²) in [4.78, 5) is 26.6.